The third-order valence-electron chi connectivity index (χ3n) is 6.15. The Kier molecular flexibility index (Phi) is 6.39. The molecular formula is C21H26Br2N2OS. The van der Waals surface area contributed by atoms with Crippen LogP contribution in [0.2, 0.25) is 0 Å². The summed E-state index contributed by atoms with van der Waals surface area (Å²) in [6.45, 7) is 2.77. The number of halogens is 2. The lowest BCUT2D eigenvalue weighted by atomic mass is 9.68. The first kappa shape index (κ1) is 20.0. The number of hydrogen-bond donors (Lipinski definition) is 1. The molecule has 0 radical (unpaired) electrons. The van der Waals surface area contributed by atoms with Gasteiger partial charge in [-0.3, -0.25) is 4.98 Å². The van der Waals surface area contributed by atoms with Crippen LogP contribution < -0.4 is 5.32 Å². The van der Waals surface area contributed by atoms with E-state index in [-0.39, 0.29) is 11.0 Å². The molecule has 1 aliphatic carbocycles. The Morgan fingerprint density at radius 2 is 2.04 bits per heavy atom. The standard InChI is InChI=1S/C21H26Br2N2OS/c22-17-13-16(27-19(17)23)14-24-11-8-20(18-5-1-4-10-25-18)9-12-26-21(15-20)6-2-3-7-21/h1,4-5,10,13,24H,2-3,6-9,11-12,14-15H2/t20-/m1/s1. The van der Waals surface area contributed by atoms with Gasteiger partial charge in [-0.15, -0.1) is 11.3 Å². The van der Waals surface area contributed by atoms with Crippen LogP contribution in [0.4, 0.5) is 0 Å². The number of hydrogen-bond acceptors (Lipinski definition) is 4. The van der Waals surface area contributed by atoms with Gasteiger partial charge in [0.2, 0.25) is 0 Å². The second kappa shape index (κ2) is 8.62. The average molecular weight is 514 g/mol. The van der Waals surface area contributed by atoms with Gasteiger partial charge in [-0.25, -0.2) is 0 Å². The molecule has 1 saturated heterocycles. The maximum absolute atomic E-state index is 6.34. The van der Waals surface area contributed by atoms with E-state index in [1.165, 1.54) is 36.3 Å². The number of aromatic nitrogens is 1. The van der Waals surface area contributed by atoms with Crippen molar-refractivity contribution >= 4 is 43.2 Å². The Morgan fingerprint density at radius 3 is 2.74 bits per heavy atom. The van der Waals surface area contributed by atoms with Gasteiger partial charge in [0.25, 0.3) is 0 Å². The van der Waals surface area contributed by atoms with Crippen LogP contribution in [0.25, 0.3) is 0 Å². The van der Waals surface area contributed by atoms with Gasteiger partial charge in [0.1, 0.15) is 0 Å². The van der Waals surface area contributed by atoms with E-state index in [1.54, 1.807) is 11.3 Å². The van der Waals surface area contributed by atoms with Crippen LogP contribution in [-0.2, 0) is 16.7 Å². The third-order valence-corrected chi connectivity index (χ3v) is 9.40. The van der Waals surface area contributed by atoms with Gasteiger partial charge in [-0.2, -0.15) is 0 Å². The summed E-state index contributed by atoms with van der Waals surface area (Å²) < 4.78 is 8.64. The van der Waals surface area contributed by atoms with Crippen molar-refractivity contribution in [2.24, 2.45) is 0 Å². The van der Waals surface area contributed by atoms with Crippen molar-refractivity contribution in [1.82, 2.24) is 10.3 Å². The Balaban J connectivity index is 1.45. The molecule has 1 saturated carbocycles. The third kappa shape index (κ3) is 4.50. The zero-order valence-electron chi connectivity index (χ0n) is 15.5. The molecule has 0 aromatic carbocycles. The van der Waals surface area contributed by atoms with Crippen molar-refractivity contribution in [2.45, 2.75) is 62.5 Å². The van der Waals surface area contributed by atoms with E-state index < -0.39 is 0 Å². The minimum atomic E-state index is 0.0965. The molecule has 146 valence electrons. The minimum Gasteiger partial charge on any atom is -0.375 e. The SMILES string of the molecule is Brc1cc(CNCC[C@@]2(c3ccccn3)CCOC3(CCCC3)C2)sc1Br. The van der Waals surface area contributed by atoms with E-state index in [9.17, 15) is 0 Å². The van der Waals surface area contributed by atoms with Crippen molar-refractivity contribution in [2.75, 3.05) is 13.2 Å². The molecule has 2 aliphatic rings. The number of rotatable bonds is 6. The summed E-state index contributed by atoms with van der Waals surface area (Å²) in [7, 11) is 0. The summed E-state index contributed by atoms with van der Waals surface area (Å²) in [5, 5.41) is 3.66. The highest BCUT2D eigenvalue weighted by Crippen LogP contribution is 2.49. The van der Waals surface area contributed by atoms with Crippen LogP contribution in [-0.4, -0.2) is 23.7 Å². The van der Waals surface area contributed by atoms with E-state index in [2.05, 4.69) is 55.4 Å². The fourth-order valence-corrected chi connectivity index (χ4v) is 6.96. The summed E-state index contributed by atoms with van der Waals surface area (Å²) >= 11 is 8.94. The molecule has 3 nitrogen and oxygen atoms in total. The molecular weight excluding hydrogens is 488 g/mol. The number of pyridine rings is 1. The summed E-state index contributed by atoms with van der Waals surface area (Å²) in [6.07, 6.45) is 10.3. The minimum absolute atomic E-state index is 0.0965. The highest BCUT2D eigenvalue weighted by Gasteiger charge is 2.48. The predicted molar refractivity (Wildman–Crippen MR) is 118 cm³/mol. The highest BCUT2D eigenvalue weighted by molar-refractivity contribution is 9.13. The van der Waals surface area contributed by atoms with Crippen molar-refractivity contribution in [3.8, 4) is 0 Å². The van der Waals surface area contributed by atoms with Gasteiger partial charge in [0, 0.05) is 39.8 Å². The molecule has 3 heterocycles. The van der Waals surface area contributed by atoms with Gasteiger partial charge < -0.3 is 10.1 Å². The normalized spacial score (nSPS) is 24.5. The summed E-state index contributed by atoms with van der Waals surface area (Å²) in [5.41, 5.74) is 1.48. The molecule has 1 N–H and O–H groups in total. The lowest BCUT2D eigenvalue weighted by molar-refractivity contribution is -0.104. The topological polar surface area (TPSA) is 34.2 Å². The quantitative estimate of drug-likeness (QED) is 0.466. The highest BCUT2D eigenvalue weighted by atomic mass is 79.9. The smallest absolute Gasteiger partial charge is 0.0843 e. The fourth-order valence-electron chi connectivity index (χ4n) is 4.81. The monoisotopic (exact) mass is 512 g/mol. The Labute approximate surface area is 182 Å². The number of nitrogens with one attached hydrogen (secondary N) is 1. The molecule has 1 atom stereocenters. The van der Waals surface area contributed by atoms with Crippen LogP contribution in [0.5, 0.6) is 0 Å². The van der Waals surface area contributed by atoms with Gasteiger partial charge in [-0.05, 0) is 88.7 Å². The molecule has 4 rings (SSSR count). The summed E-state index contributed by atoms with van der Waals surface area (Å²) in [5.74, 6) is 0. The molecule has 0 bridgehead atoms. The molecule has 2 aromatic heterocycles. The van der Waals surface area contributed by atoms with Crippen LogP contribution in [0.1, 0.15) is 55.5 Å². The molecule has 2 fully saturated rings. The van der Waals surface area contributed by atoms with E-state index in [0.717, 1.165) is 47.2 Å². The van der Waals surface area contributed by atoms with Crippen molar-refractivity contribution in [1.29, 1.82) is 0 Å². The van der Waals surface area contributed by atoms with Crippen LogP contribution in [0.3, 0.4) is 0 Å². The van der Waals surface area contributed by atoms with Gasteiger partial charge >= 0.3 is 0 Å². The fraction of sp³-hybridized carbons (Fsp3) is 0.571. The maximum Gasteiger partial charge on any atom is 0.0843 e. The Morgan fingerprint density at radius 1 is 1.19 bits per heavy atom. The summed E-state index contributed by atoms with van der Waals surface area (Å²) in [4.78, 5) is 6.13. The first-order chi connectivity index (χ1) is 13.1. The van der Waals surface area contributed by atoms with E-state index in [1.807, 2.05) is 12.3 Å². The first-order valence-electron chi connectivity index (χ1n) is 9.81. The number of nitrogens with zero attached hydrogens (tertiary/aromatic N) is 1. The maximum atomic E-state index is 6.34. The molecule has 0 unspecified atom stereocenters. The van der Waals surface area contributed by atoms with E-state index >= 15 is 0 Å². The molecule has 1 aliphatic heterocycles. The Hall–Kier alpha value is -0.270. The molecule has 2 aromatic rings. The van der Waals surface area contributed by atoms with Gasteiger partial charge in [-0.1, -0.05) is 18.9 Å². The van der Waals surface area contributed by atoms with Crippen LogP contribution in [0.15, 0.2) is 38.7 Å². The van der Waals surface area contributed by atoms with Gasteiger partial charge in [0.15, 0.2) is 0 Å². The lowest BCUT2D eigenvalue weighted by Crippen LogP contribution is -2.47. The average Bonchev–Trinajstić information content (AvgIpc) is 3.26. The largest absolute Gasteiger partial charge is 0.375 e. The summed E-state index contributed by atoms with van der Waals surface area (Å²) in [6, 6.07) is 8.57. The Bertz CT molecular complexity index is 741. The van der Waals surface area contributed by atoms with E-state index in [4.69, 9.17) is 9.72 Å². The lowest BCUT2D eigenvalue weighted by Gasteiger charge is -2.46. The zero-order valence-corrected chi connectivity index (χ0v) is 19.5. The second-order valence-corrected chi connectivity index (χ2v) is 11.2. The predicted octanol–water partition coefficient (Wildman–Crippen LogP) is 6.21. The first-order valence-corrected chi connectivity index (χ1v) is 12.2. The van der Waals surface area contributed by atoms with Crippen LogP contribution >= 0.6 is 43.2 Å². The van der Waals surface area contributed by atoms with Crippen molar-refractivity contribution < 1.29 is 4.74 Å². The zero-order chi connectivity index (χ0) is 18.7. The van der Waals surface area contributed by atoms with Crippen molar-refractivity contribution in [3.63, 3.8) is 0 Å². The molecule has 6 heteroatoms. The molecule has 27 heavy (non-hydrogen) atoms. The molecule has 0 amide bonds. The second-order valence-electron chi connectivity index (χ2n) is 7.92. The van der Waals surface area contributed by atoms with Crippen molar-refractivity contribution in [3.05, 3.63) is 49.3 Å². The molecule has 1 spiro atoms. The van der Waals surface area contributed by atoms with Crippen LogP contribution in [0, 0.1) is 0 Å². The number of ether oxygens (including phenoxy) is 1. The van der Waals surface area contributed by atoms with Gasteiger partial charge in [0.05, 0.1) is 9.39 Å². The van der Waals surface area contributed by atoms with E-state index in [0.29, 0.717) is 0 Å². The number of thiophene rings is 1.